The van der Waals surface area contributed by atoms with Crippen molar-refractivity contribution in [1.29, 1.82) is 0 Å². The highest BCUT2D eigenvalue weighted by Crippen LogP contribution is 2.18. The molecule has 8 heteroatoms. The molecule has 0 aromatic carbocycles. The van der Waals surface area contributed by atoms with Gasteiger partial charge in [-0.2, -0.15) is 5.10 Å². The third-order valence-electron chi connectivity index (χ3n) is 3.66. The number of amides is 1. The number of hydrogen-bond donors (Lipinski definition) is 1. The molecule has 0 fully saturated rings. The van der Waals surface area contributed by atoms with Crippen molar-refractivity contribution in [3.8, 4) is 0 Å². The number of aromatic nitrogens is 3. The third kappa shape index (κ3) is 4.34. The summed E-state index contributed by atoms with van der Waals surface area (Å²) in [5.74, 6) is 1.00. The number of amidine groups is 1. The molecule has 0 atom stereocenters. The average Bonchev–Trinajstić information content (AvgIpc) is 3.26. The van der Waals surface area contributed by atoms with Crippen LogP contribution in [0.1, 0.15) is 26.7 Å². The van der Waals surface area contributed by atoms with Crippen LogP contribution in [0.4, 0.5) is 0 Å². The van der Waals surface area contributed by atoms with E-state index in [1.165, 1.54) is 11.3 Å². The van der Waals surface area contributed by atoms with Crippen LogP contribution >= 0.6 is 11.3 Å². The van der Waals surface area contributed by atoms with Gasteiger partial charge in [-0.25, -0.2) is 9.98 Å². The van der Waals surface area contributed by atoms with Gasteiger partial charge < -0.3 is 10.1 Å². The van der Waals surface area contributed by atoms with E-state index >= 15 is 0 Å². The molecule has 0 unspecified atom stereocenters. The van der Waals surface area contributed by atoms with Crippen molar-refractivity contribution in [2.24, 2.45) is 12.0 Å². The predicted molar refractivity (Wildman–Crippen MR) is 102 cm³/mol. The second-order valence-corrected chi connectivity index (χ2v) is 6.84. The standard InChI is InChI=1S/C18H19N5O2S/c1-12-19-10-16(26-12)18(24)22-17-7-6-15(25-3)5-4-13(8-20-17)14-9-21-23(2)11-14/h4-6,8-11H,7H2,1-3H3,(H,20,22,24)/b5-4?,13-8+,15-6?. The molecule has 134 valence electrons. The maximum Gasteiger partial charge on any atom is 0.268 e. The van der Waals surface area contributed by atoms with Gasteiger partial charge in [-0.3, -0.25) is 9.48 Å². The van der Waals surface area contributed by atoms with Gasteiger partial charge in [-0.1, -0.05) is 0 Å². The number of thiazole rings is 1. The second-order valence-electron chi connectivity index (χ2n) is 5.61. The zero-order valence-corrected chi connectivity index (χ0v) is 15.6. The maximum atomic E-state index is 12.4. The molecule has 0 saturated heterocycles. The van der Waals surface area contributed by atoms with Gasteiger partial charge >= 0.3 is 0 Å². The summed E-state index contributed by atoms with van der Waals surface area (Å²) in [6.45, 7) is 1.86. The first kappa shape index (κ1) is 17.8. The molecule has 0 aliphatic carbocycles. The summed E-state index contributed by atoms with van der Waals surface area (Å²) < 4.78 is 7.09. The van der Waals surface area contributed by atoms with Crippen molar-refractivity contribution in [2.45, 2.75) is 13.3 Å². The number of ether oxygens (including phenoxy) is 1. The Labute approximate surface area is 155 Å². The van der Waals surface area contributed by atoms with Gasteiger partial charge in [0.05, 0.1) is 24.5 Å². The van der Waals surface area contributed by atoms with Crippen molar-refractivity contribution in [3.63, 3.8) is 0 Å². The lowest BCUT2D eigenvalue weighted by Gasteiger charge is -2.05. The van der Waals surface area contributed by atoms with E-state index in [4.69, 9.17) is 4.74 Å². The highest BCUT2D eigenvalue weighted by atomic mass is 32.1. The largest absolute Gasteiger partial charge is 0.497 e. The molecule has 1 N–H and O–H groups in total. The van der Waals surface area contributed by atoms with Gasteiger partial charge in [0.2, 0.25) is 0 Å². The Bertz CT molecular complexity index is 933. The van der Waals surface area contributed by atoms with Crippen molar-refractivity contribution in [3.05, 3.63) is 64.2 Å². The number of aliphatic imine (C=N–C) groups is 1. The fourth-order valence-corrected chi connectivity index (χ4v) is 2.99. The van der Waals surface area contributed by atoms with Crippen LogP contribution in [0.3, 0.4) is 0 Å². The number of rotatable bonds is 3. The Kier molecular flexibility index (Phi) is 5.43. The SMILES string of the molecule is COC1=CCC(NC(=O)c2cnc(C)s2)=N/C=C(/c2cnn(C)c2)C=C1. The Hall–Kier alpha value is -3.00. The molecule has 0 saturated carbocycles. The van der Waals surface area contributed by atoms with Crippen LogP contribution in [0, 0.1) is 6.92 Å². The number of aryl methyl sites for hydroxylation is 2. The molecule has 0 radical (unpaired) electrons. The normalized spacial score (nSPS) is 16.5. The van der Waals surface area contributed by atoms with E-state index in [9.17, 15) is 4.79 Å². The monoisotopic (exact) mass is 369 g/mol. The molecule has 26 heavy (non-hydrogen) atoms. The fourth-order valence-electron chi connectivity index (χ4n) is 2.32. The van der Waals surface area contributed by atoms with Gasteiger partial charge in [0.15, 0.2) is 0 Å². The van der Waals surface area contributed by atoms with Crippen molar-refractivity contribution >= 4 is 28.7 Å². The van der Waals surface area contributed by atoms with E-state index in [0.29, 0.717) is 22.9 Å². The number of carbonyl (C=O) groups is 1. The molecule has 1 amide bonds. The molecule has 0 bridgehead atoms. The fraction of sp³-hybridized carbons (Fsp3) is 0.222. The molecule has 2 aromatic heterocycles. The molecule has 2 aromatic rings. The molecular weight excluding hydrogens is 350 g/mol. The number of carbonyl (C=O) groups excluding carboxylic acids is 1. The summed E-state index contributed by atoms with van der Waals surface area (Å²) in [6.07, 6.45) is 13.0. The van der Waals surface area contributed by atoms with Crippen LogP contribution < -0.4 is 5.32 Å². The Balaban J connectivity index is 1.89. The molecular formula is C18H19N5O2S. The summed E-state index contributed by atoms with van der Waals surface area (Å²) in [6, 6.07) is 0. The van der Waals surface area contributed by atoms with Crippen LogP contribution in [0.15, 0.2) is 53.8 Å². The van der Waals surface area contributed by atoms with Crippen LogP contribution in [0.2, 0.25) is 0 Å². The first-order chi connectivity index (χ1) is 12.5. The van der Waals surface area contributed by atoms with Crippen LogP contribution in [0.5, 0.6) is 0 Å². The maximum absolute atomic E-state index is 12.4. The first-order valence-electron chi connectivity index (χ1n) is 7.97. The first-order valence-corrected chi connectivity index (χ1v) is 8.78. The van der Waals surface area contributed by atoms with Gasteiger partial charge in [0, 0.05) is 37.0 Å². The molecule has 7 nitrogen and oxygen atoms in total. The Morgan fingerprint density at radius 2 is 2.19 bits per heavy atom. The number of methoxy groups -OCH3 is 1. The van der Waals surface area contributed by atoms with Crippen molar-refractivity contribution in [1.82, 2.24) is 20.1 Å². The van der Waals surface area contributed by atoms with E-state index in [0.717, 1.165) is 16.1 Å². The van der Waals surface area contributed by atoms with E-state index in [1.807, 2.05) is 38.4 Å². The highest BCUT2D eigenvalue weighted by Gasteiger charge is 2.12. The molecule has 1 aliphatic heterocycles. The van der Waals surface area contributed by atoms with E-state index < -0.39 is 0 Å². The molecule has 3 rings (SSSR count). The minimum atomic E-state index is -0.217. The Morgan fingerprint density at radius 3 is 2.85 bits per heavy atom. The average molecular weight is 369 g/mol. The molecule has 0 spiro atoms. The lowest BCUT2D eigenvalue weighted by Crippen LogP contribution is -2.29. The number of nitrogens with one attached hydrogen (secondary N) is 1. The summed E-state index contributed by atoms with van der Waals surface area (Å²) in [4.78, 5) is 21.5. The summed E-state index contributed by atoms with van der Waals surface area (Å²) in [5, 5.41) is 7.89. The highest BCUT2D eigenvalue weighted by molar-refractivity contribution is 7.13. The van der Waals surface area contributed by atoms with Crippen molar-refractivity contribution < 1.29 is 9.53 Å². The minimum absolute atomic E-state index is 0.217. The zero-order valence-electron chi connectivity index (χ0n) is 14.8. The quantitative estimate of drug-likeness (QED) is 0.902. The van der Waals surface area contributed by atoms with E-state index in [-0.39, 0.29) is 5.91 Å². The predicted octanol–water partition coefficient (Wildman–Crippen LogP) is 2.84. The van der Waals surface area contributed by atoms with Gasteiger partial charge in [0.25, 0.3) is 5.91 Å². The summed E-state index contributed by atoms with van der Waals surface area (Å²) >= 11 is 1.35. The number of hydrogen-bond acceptors (Lipinski definition) is 6. The smallest absolute Gasteiger partial charge is 0.268 e. The third-order valence-corrected chi connectivity index (χ3v) is 4.57. The molecule has 1 aliphatic rings. The summed E-state index contributed by atoms with van der Waals surface area (Å²) in [5.41, 5.74) is 1.79. The minimum Gasteiger partial charge on any atom is -0.497 e. The number of nitrogens with zero attached hydrogens (tertiary/aromatic N) is 4. The Morgan fingerprint density at radius 1 is 1.35 bits per heavy atom. The zero-order chi connectivity index (χ0) is 18.5. The van der Waals surface area contributed by atoms with E-state index in [2.05, 4.69) is 20.4 Å². The lowest BCUT2D eigenvalue weighted by atomic mass is 10.1. The topological polar surface area (TPSA) is 81.4 Å². The van der Waals surface area contributed by atoms with Crippen molar-refractivity contribution in [2.75, 3.05) is 7.11 Å². The van der Waals surface area contributed by atoms with Gasteiger partial charge in [-0.05, 0) is 25.2 Å². The lowest BCUT2D eigenvalue weighted by molar-refractivity contribution is 0.0980. The van der Waals surface area contributed by atoms with Gasteiger partial charge in [-0.15, -0.1) is 11.3 Å². The van der Waals surface area contributed by atoms with Crippen LogP contribution in [-0.2, 0) is 11.8 Å². The summed E-state index contributed by atoms with van der Waals surface area (Å²) in [7, 11) is 3.46. The molecule has 3 heterocycles. The number of allylic oxidation sites excluding steroid dienone is 3. The van der Waals surface area contributed by atoms with Crippen LogP contribution in [-0.4, -0.2) is 33.6 Å². The van der Waals surface area contributed by atoms with Gasteiger partial charge in [0.1, 0.15) is 16.5 Å². The van der Waals surface area contributed by atoms with Crippen LogP contribution in [0.25, 0.3) is 5.57 Å². The van der Waals surface area contributed by atoms with E-state index in [1.54, 1.807) is 30.4 Å². The second kappa shape index (κ2) is 7.92.